The number of Topliss-reactive ketones (excluding diaryl/α,β-unsaturated/α-hetero) is 2. The van der Waals surface area contributed by atoms with Crippen LogP contribution in [0, 0.1) is 5.92 Å². The van der Waals surface area contributed by atoms with Crippen molar-refractivity contribution in [3.05, 3.63) is 54.1 Å². The number of amides is 4. The van der Waals surface area contributed by atoms with Crippen molar-refractivity contribution in [3.8, 4) is 5.75 Å². The molecule has 688 valence electrons. The first kappa shape index (κ1) is 120. The van der Waals surface area contributed by atoms with Gasteiger partial charge in [-0.05, 0) is 114 Å². The van der Waals surface area contributed by atoms with Crippen LogP contribution in [0.1, 0.15) is 381 Å². The van der Waals surface area contributed by atoms with Crippen molar-refractivity contribution in [2.24, 2.45) is 5.92 Å². The fourth-order valence-corrected chi connectivity index (χ4v) is 15.1. The summed E-state index contributed by atoms with van der Waals surface area (Å²) < 4.78 is 71.4. The molecule has 0 bridgehead atoms. The van der Waals surface area contributed by atoms with Crippen LogP contribution in [0.2, 0.25) is 0 Å². The maximum Gasteiger partial charge on any atom is 1.00 e. The number of hydrogen-bond donors (Lipinski definition) is 5. The van der Waals surface area contributed by atoms with Crippen molar-refractivity contribution in [3.63, 3.8) is 0 Å². The molecule has 0 aliphatic rings. The molecule has 5 N–H and O–H groups in total. The molecule has 0 heterocycles. The zero-order valence-electron chi connectivity index (χ0n) is 76.6. The van der Waals surface area contributed by atoms with Crippen LogP contribution in [0.4, 0.5) is 0 Å². The number of nitrogens with one attached hydrogen (secondary N) is 4. The summed E-state index contributed by atoms with van der Waals surface area (Å²) in [6, 6.07) is 3.54. The van der Waals surface area contributed by atoms with Crippen LogP contribution in [0.25, 0.3) is 0 Å². The molecule has 0 saturated carbocycles. The number of rotatable bonds is 86. The van der Waals surface area contributed by atoms with Gasteiger partial charge in [-0.25, -0.2) is 0 Å². The Kier molecular flexibility index (Phi) is 82.9. The summed E-state index contributed by atoms with van der Waals surface area (Å²) in [6.45, 7) is 9.18. The summed E-state index contributed by atoms with van der Waals surface area (Å²) >= 11 is 0. The van der Waals surface area contributed by atoms with Gasteiger partial charge in [0.05, 0.1) is 77.8 Å². The minimum absolute atomic E-state index is 0. The number of ether oxygens (including phenoxy) is 4. The second-order valence-corrected chi connectivity index (χ2v) is 34.9. The monoisotopic (exact) mass is 1770 g/mol. The number of carbonyl (C=O) groups is 8. The molecule has 0 spiro atoms. The van der Waals surface area contributed by atoms with Crippen LogP contribution >= 0.6 is 15.6 Å². The summed E-state index contributed by atoms with van der Waals surface area (Å²) in [4.78, 5) is 133. The summed E-state index contributed by atoms with van der Waals surface area (Å²) in [7, 11) is -10.4. The number of hydrogen-bond acceptors (Lipinski definition) is 21. The first-order valence-electron chi connectivity index (χ1n) is 46.6. The molecule has 0 aliphatic heterocycles. The van der Waals surface area contributed by atoms with E-state index >= 15 is 0 Å². The molecule has 1 rings (SSSR count). The molecule has 1 aromatic rings. The average molecular weight is 1770 g/mol. The Hall–Kier alpha value is -3.20. The van der Waals surface area contributed by atoms with Gasteiger partial charge in [0.25, 0.3) is 15.6 Å². The smallest absolute Gasteiger partial charge is 0.756 e. The summed E-state index contributed by atoms with van der Waals surface area (Å²) in [5, 5.41) is 20.4. The van der Waals surface area contributed by atoms with Crippen LogP contribution < -0.4 is 90.2 Å². The van der Waals surface area contributed by atoms with E-state index in [0.29, 0.717) is 56.9 Å². The topological polar surface area (TPSA) is 359 Å². The predicted octanol–water partition coefficient (Wildman–Crippen LogP) is 13.3. The predicted molar refractivity (Wildman–Crippen MR) is 468 cm³/mol. The summed E-state index contributed by atoms with van der Waals surface area (Å²) in [5.74, 6) is -5.75. The van der Waals surface area contributed by atoms with E-state index in [9.17, 15) is 62.4 Å². The van der Waals surface area contributed by atoms with Gasteiger partial charge in [-0.3, -0.25) is 47.5 Å². The fraction of sp³-hybridized carbons (Fsp3) is 0.804. The number of esters is 2. The number of phosphoric acid groups is 2. The molecule has 29 heteroatoms. The van der Waals surface area contributed by atoms with Gasteiger partial charge in [0.2, 0.25) is 23.6 Å². The number of phenols is 1. The first-order valence-corrected chi connectivity index (χ1v) is 49.5. The SMILES string of the molecule is CCCCCC/C=C\CCCC(=O)O[C@H](CCCCCCC)CCOCC(COP(=O)([O-])OCCNC(=O)C(Cc1ccc(O)cc1)C(=O)NCCOP(=O)([O-])OCC(COCC[C@@H](CCCCCCC)OC(=O)CCC/C=C\CCCCCC)NC(=O)CC(=O)CCCCCCCCCCC)NC(=O)CC(=O)CCCCCCCCCCC.[Na+].[Na+]. The largest absolute Gasteiger partial charge is 1.00 e. The number of aromatic hydroxyl groups is 1. The molecule has 0 radical (unpaired) electrons. The fourth-order valence-electron chi connectivity index (χ4n) is 13.6. The number of allylic oxidation sites excluding steroid dienone is 4. The van der Waals surface area contributed by atoms with Crippen LogP contribution in [-0.4, -0.2) is 142 Å². The van der Waals surface area contributed by atoms with E-state index in [-0.39, 0.29) is 147 Å². The Morgan fingerprint density at radius 3 is 1.04 bits per heavy atom. The van der Waals surface area contributed by atoms with E-state index in [1.165, 1.54) is 114 Å². The Bertz CT molecular complexity index is 2750. The summed E-state index contributed by atoms with van der Waals surface area (Å²) in [5.41, 5.74) is 0.445. The number of carbonyl (C=O) groups excluding carboxylic acids is 8. The minimum Gasteiger partial charge on any atom is -0.756 e. The first-order chi connectivity index (χ1) is 57.6. The van der Waals surface area contributed by atoms with Gasteiger partial charge < -0.3 is 73.2 Å². The molecule has 121 heavy (non-hydrogen) atoms. The molecule has 0 saturated heterocycles. The third-order valence-electron chi connectivity index (χ3n) is 20.7. The molecule has 25 nitrogen and oxygen atoms in total. The molecule has 0 fully saturated rings. The van der Waals surface area contributed by atoms with Crippen molar-refractivity contribution in [2.45, 2.75) is 406 Å². The Balaban J connectivity index is 0. The normalized spacial score (nSPS) is 13.7. The van der Waals surface area contributed by atoms with Crippen LogP contribution in [-0.2, 0) is 90.9 Å². The molecule has 4 amide bonds. The number of phosphoric ester groups is 2. The zero-order chi connectivity index (χ0) is 87.4. The van der Waals surface area contributed by atoms with Gasteiger partial charge in [-0.1, -0.05) is 271 Å². The van der Waals surface area contributed by atoms with Crippen LogP contribution in [0.5, 0.6) is 5.75 Å². The van der Waals surface area contributed by atoms with E-state index in [4.69, 9.17) is 37.0 Å². The molecule has 0 aliphatic carbocycles. The maximum atomic E-state index is 13.9. The Morgan fingerprint density at radius 1 is 0.380 bits per heavy atom. The number of ketones is 2. The second kappa shape index (κ2) is 83.7. The van der Waals surface area contributed by atoms with Gasteiger partial charge >= 0.3 is 71.1 Å². The third-order valence-corrected chi connectivity index (χ3v) is 22.6. The Morgan fingerprint density at radius 2 is 0.694 bits per heavy atom. The number of benzene rings is 1. The minimum atomic E-state index is -5.18. The van der Waals surface area contributed by atoms with E-state index in [0.717, 1.165) is 154 Å². The quantitative estimate of drug-likeness (QED) is 0.0101. The van der Waals surface area contributed by atoms with Gasteiger partial charge in [0.1, 0.15) is 35.4 Å². The van der Waals surface area contributed by atoms with Gasteiger partial charge in [0.15, 0.2) is 0 Å². The molecule has 4 unspecified atom stereocenters. The van der Waals surface area contributed by atoms with E-state index in [1.807, 2.05) is 0 Å². The zero-order valence-corrected chi connectivity index (χ0v) is 82.3. The third kappa shape index (κ3) is 75.5. The molecular weight excluding hydrogens is 1600 g/mol. The van der Waals surface area contributed by atoms with E-state index in [2.05, 4.69) is 87.1 Å². The van der Waals surface area contributed by atoms with Crippen LogP contribution in [0.15, 0.2) is 48.6 Å². The van der Waals surface area contributed by atoms with Gasteiger partial charge in [0, 0.05) is 51.6 Å². The number of phenolic OH excluding ortho intramolecular Hbond substituents is 1. The van der Waals surface area contributed by atoms with Gasteiger partial charge in [-0.2, -0.15) is 0 Å². The molecule has 0 aromatic heterocycles. The van der Waals surface area contributed by atoms with Crippen LogP contribution in [0.3, 0.4) is 0 Å². The van der Waals surface area contributed by atoms with Crippen molar-refractivity contribution in [1.82, 2.24) is 21.3 Å². The standard InChI is InChI=1S/C92H164N4O21P2.2Na/c1-7-13-19-25-29-33-37-43-47-53-82(98)72-87(100)95-79(74-110-67-63-84(55-49-41-23-17-11-5)116-89(102)57-51-45-39-35-31-27-21-15-9-3)76-114-118(106,107)112-69-65-93-91(104)86(71-78-59-61-81(97)62-60-78)92(105)94-66-70-113-119(108,109)115-77-80(96-88(101)73-83(99)54-48-44-38-34-30-26-20-14-8-2)75-111-68-64-85(56-50-42-24-18-12-6)117-90(103)58-52-46-40-36-32-28-22-16-10-4;;/h35-36,39-40,59-62,79-80,84-86,97H,7-34,37-38,41-58,63-77H2,1-6H3,(H,93,104)(H,94,105)(H,95,100)(H,96,101)(H,106,107)(H,108,109);;/q;2*+1/p-2/b39-35-,40-36-;;/t79?,80?,84-,85-,86?;;/m1../s1. The molecule has 6 atom stereocenters. The van der Waals surface area contributed by atoms with E-state index < -0.39 is 122 Å². The van der Waals surface area contributed by atoms with Crippen molar-refractivity contribution in [1.29, 1.82) is 0 Å². The van der Waals surface area contributed by atoms with Gasteiger partial charge in [-0.15, -0.1) is 0 Å². The number of unbranched alkanes of at least 4 members (excludes halogenated alkanes) is 34. The summed E-state index contributed by atoms with van der Waals surface area (Å²) in [6.07, 6.45) is 53.2. The van der Waals surface area contributed by atoms with Crippen molar-refractivity contribution in [2.75, 3.05) is 65.9 Å². The average Bonchev–Trinajstić information content (AvgIpc) is 0.865. The second-order valence-electron chi connectivity index (χ2n) is 32.1. The van der Waals surface area contributed by atoms with Crippen molar-refractivity contribution < 1.29 is 159 Å². The van der Waals surface area contributed by atoms with E-state index in [1.54, 1.807) is 0 Å². The van der Waals surface area contributed by atoms with Crippen molar-refractivity contribution >= 4 is 62.8 Å². The molecule has 1 aromatic carbocycles. The Labute approximate surface area is 774 Å². The molecular formula is C92H162N4Na2O21P2. The maximum absolute atomic E-state index is 13.9.